The molecule has 1 unspecified atom stereocenters. The van der Waals surface area contributed by atoms with Crippen molar-refractivity contribution >= 4 is 27.6 Å². The Labute approximate surface area is 226 Å². The molecule has 5 rings (SSSR count). The van der Waals surface area contributed by atoms with Gasteiger partial charge < -0.3 is 14.8 Å². The molecule has 0 amide bonds. The average molecular weight is 506 g/mol. The molecule has 0 saturated carbocycles. The molecule has 0 saturated heterocycles. The van der Waals surface area contributed by atoms with Crippen molar-refractivity contribution < 1.29 is 0 Å². The second-order valence-electron chi connectivity index (χ2n) is 10.3. The maximum Gasteiger partial charge on any atom is 0.164 e. The molecule has 0 aliphatic carbocycles. The third-order valence-corrected chi connectivity index (χ3v) is 7.54. The van der Waals surface area contributed by atoms with E-state index in [-0.39, 0.29) is 0 Å². The predicted molar refractivity (Wildman–Crippen MR) is 161 cm³/mol. The Morgan fingerprint density at radius 2 is 1.61 bits per heavy atom. The lowest BCUT2D eigenvalue weighted by Gasteiger charge is -2.21. The number of fused-ring (bicyclic) bond motifs is 2. The van der Waals surface area contributed by atoms with E-state index in [9.17, 15) is 0 Å². The summed E-state index contributed by atoms with van der Waals surface area (Å²) in [6.07, 6.45) is 4.48. The molecule has 5 heteroatoms. The van der Waals surface area contributed by atoms with Gasteiger partial charge in [0.25, 0.3) is 0 Å². The summed E-state index contributed by atoms with van der Waals surface area (Å²) in [4.78, 5) is 12.8. The molecule has 3 aromatic carbocycles. The Morgan fingerprint density at radius 3 is 2.39 bits per heavy atom. The second kappa shape index (κ2) is 11.8. The van der Waals surface area contributed by atoms with Crippen LogP contribution in [0.4, 0.5) is 5.82 Å². The molecule has 1 atom stereocenters. The number of benzene rings is 3. The largest absolute Gasteiger partial charge is 0.367 e. The van der Waals surface area contributed by atoms with E-state index in [1.165, 1.54) is 16.5 Å². The summed E-state index contributed by atoms with van der Waals surface area (Å²) in [7, 11) is 0. The van der Waals surface area contributed by atoms with Crippen LogP contribution in [-0.4, -0.2) is 45.1 Å². The van der Waals surface area contributed by atoms with Gasteiger partial charge in [0.05, 0.1) is 5.52 Å². The Bertz CT molecular complexity index is 1500. The van der Waals surface area contributed by atoms with Crippen molar-refractivity contribution in [2.24, 2.45) is 0 Å². The summed E-state index contributed by atoms with van der Waals surface area (Å²) in [6.45, 7) is 13.0. The van der Waals surface area contributed by atoms with Crippen molar-refractivity contribution in [3.63, 3.8) is 0 Å². The van der Waals surface area contributed by atoms with Gasteiger partial charge in [-0.15, -0.1) is 0 Å². The third kappa shape index (κ3) is 5.58. The fourth-order valence-electron chi connectivity index (χ4n) is 5.33. The third-order valence-electron chi connectivity index (χ3n) is 7.54. The summed E-state index contributed by atoms with van der Waals surface area (Å²) < 4.78 is 2.31. The first kappa shape index (κ1) is 25.9. The number of aryl methyl sites for hydroxylation is 1. The van der Waals surface area contributed by atoms with Crippen LogP contribution in [0.3, 0.4) is 0 Å². The van der Waals surface area contributed by atoms with Gasteiger partial charge >= 0.3 is 0 Å². The Hall–Kier alpha value is -3.70. The van der Waals surface area contributed by atoms with Crippen LogP contribution in [0.5, 0.6) is 0 Å². The van der Waals surface area contributed by atoms with E-state index < -0.39 is 0 Å². The number of hydrogen-bond donors (Lipinski definition) is 1. The van der Waals surface area contributed by atoms with Crippen LogP contribution in [0.25, 0.3) is 33.2 Å². The van der Waals surface area contributed by atoms with Crippen LogP contribution in [0.1, 0.15) is 44.7 Å². The highest BCUT2D eigenvalue weighted by Crippen LogP contribution is 2.33. The molecule has 196 valence electrons. The second-order valence-corrected chi connectivity index (χ2v) is 10.3. The number of anilines is 1. The molecule has 0 fully saturated rings. The zero-order valence-electron chi connectivity index (χ0n) is 23.1. The van der Waals surface area contributed by atoms with E-state index in [4.69, 9.17) is 9.97 Å². The number of nitrogens with zero attached hydrogens (tertiary/aromatic N) is 4. The number of aromatic nitrogens is 3. The average Bonchev–Trinajstić information content (AvgIpc) is 3.30. The number of nitrogens with one attached hydrogen (secondary N) is 1. The smallest absolute Gasteiger partial charge is 0.164 e. The van der Waals surface area contributed by atoms with Gasteiger partial charge in [-0.3, -0.25) is 0 Å². The van der Waals surface area contributed by atoms with Crippen molar-refractivity contribution in [2.45, 2.75) is 53.1 Å². The van der Waals surface area contributed by atoms with E-state index in [1.54, 1.807) is 0 Å². The van der Waals surface area contributed by atoms with Crippen LogP contribution in [-0.2, 0) is 6.54 Å². The quantitative estimate of drug-likeness (QED) is 0.201. The molecule has 0 radical (unpaired) electrons. The van der Waals surface area contributed by atoms with Gasteiger partial charge in [0.15, 0.2) is 5.82 Å². The highest BCUT2D eigenvalue weighted by atomic mass is 15.1. The van der Waals surface area contributed by atoms with Crippen molar-refractivity contribution in [3.05, 3.63) is 90.1 Å². The molecule has 2 heterocycles. The summed E-state index contributed by atoms with van der Waals surface area (Å²) >= 11 is 0. The molecular formula is C33H39N5. The molecule has 1 N–H and O–H groups in total. The lowest BCUT2D eigenvalue weighted by atomic mass is 10.1. The van der Waals surface area contributed by atoms with Crippen LogP contribution < -0.4 is 5.32 Å². The number of hydrogen-bond acceptors (Lipinski definition) is 4. The van der Waals surface area contributed by atoms with Gasteiger partial charge in [-0.1, -0.05) is 74.5 Å². The predicted octanol–water partition coefficient (Wildman–Crippen LogP) is 7.53. The highest BCUT2D eigenvalue weighted by Gasteiger charge is 2.17. The van der Waals surface area contributed by atoms with Crippen molar-refractivity contribution in [2.75, 3.05) is 25.0 Å². The lowest BCUT2D eigenvalue weighted by molar-refractivity contribution is 0.295. The molecule has 0 aliphatic rings. The van der Waals surface area contributed by atoms with Crippen LogP contribution in [0, 0.1) is 6.92 Å². The van der Waals surface area contributed by atoms with Gasteiger partial charge in [0, 0.05) is 40.6 Å². The maximum atomic E-state index is 5.15. The lowest BCUT2D eigenvalue weighted by Crippen LogP contribution is -2.25. The van der Waals surface area contributed by atoms with Crippen molar-refractivity contribution in [3.8, 4) is 11.4 Å². The summed E-state index contributed by atoms with van der Waals surface area (Å²) in [5.41, 5.74) is 5.71. The summed E-state index contributed by atoms with van der Waals surface area (Å²) in [5.74, 6) is 1.69. The van der Waals surface area contributed by atoms with E-state index >= 15 is 0 Å². The fourth-order valence-corrected chi connectivity index (χ4v) is 5.33. The molecule has 2 aromatic heterocycles. The van der Waals surface area contributed by atoms with Crippen molar-refractivity contribution in [1.29, 1.82) is 0 Å². The summed E-state index contributed by atoms with van der Waals surface area (Å²) in [5, 5.41) is 6.01. The van der Waals surface area contributed by atoms with E-state index in [2.05, 4.69) is 121 Å². The fraction of sp³-hybridized carbons (Fsp3) is 0.333. The zero-order chi connectivity index (χ0) is 26.5. The van der Waals surface area contributed by atoms with Gasteiger partial charge in [-0.25, -0.2) is 9.97 Å². The summed E-state index contributed by atoms with van der Waals surface area (Å²) in [6, 6.07) is 25.9. The first-order chi connectivity index (χ1) is 18.6. The van der Waals surface area contributed by atoms with Crippen LogP contribution in [0.15, 0.2) is 79.0 Å². The Balaban J connectivity index is 1.51. The molecule has 38 heavy (non-hydrogen) atoms. The van der Waals surface area contributed by atoms with Gasteiger partial charge in [-0.2, -0.15) is 0 Å². The Kier molecular flexibility index (Phi) is 8.04. The minimum absolute atomic E-state index is 0.316. The number of para-hydroxylation sites is 2. The van der Waals surface area contributed by atoms with Gasteiger partial charge in [0.2, 0.25) is 0 Å². The molecule has 0 spiro atoms. The van der Waals surface area contributed by atoms with E-state index in [0.717, 1.165) is 72.7 Å². The van der Waals surface area contributed by atoms with Crippen LogP contribution in [0.2, 0.25) is 0 Å². The monoisotopic (exact) mass is 505 g/mol. The maximum absolute atomic E-state index is 5.15. The zero-order valence-corrected chi connectivity index (χ0v) is 23.1. The molecule has 5 aromatic rings. The molecule has 0 bridgehead atoms. The molecule has 5 nitrogen and oxygen atoms in total. The molecular weight excluding hydrogens is 466 g/mol. The topological polar surface area (TPSA) is 46.0 Å². The van der Waals surface area contributed by atoms with E-state index in [1.807, 2.05) is 0 Å². The minimum atomic E-state index is 0.316. The van der Waals surface area contributed by atoms with E-state index in [0.29, 0.717) is 6.04 Å². The standard InChI is InChI=1S/C33H39N5/c1-5-37(6-2)21-13-15-25(4)34-32-28-19-12-14-24(3)31(28)35-33(36-32)29-23-38(22-26-16-8-7-9-17-26)30-20-11-10-18-27(29)30/h7-12,14,16-20,23,25H,5-6,13,15,21-22H2,1-4H3,(H,34,35,36). The highest BCUT2D eigenvalue weighted by molar-refractivity contribution is 5.98. The first-order valence-corrected chi connectivity index (χ1v) is 14.0. The van der Waals surface area contributed by atoms with Crippen LogP contribution >= 0.6 is 0 Å². The van der Waals surface area contributed by atoms with Gasteiger partial charge in [0.1, 0.15) is 5.82 Å². The SMILES string of the molecule is CCN(CC)CCCC(C)Nc1nc(-c2cn(Cc3ccccc3)c3ccccc23)nc2c(C)cccc12. The molecule has 0 aliphatic heterocycles. The van der Waals surface area contributed by atoms with Gasteiger partial charge in [-0.05, 0) is 69.6 Å². The first-order valence-electron chi connectivity index (χ1n) is 14.0. The Morgan fingerprint density at radius 1 is 0.868 bits per heavy atom. The normalized spacial score (nSPS) is 12.4. The minimum Gasteiger partial charge on any atom is -0.367 e. The number of rotatable bonds is 11. The van der Waals surface area contributed by atoms with Crippen molar-refractivity contribution in [1.82, 2.24) is 19.4 Å².